The maximum atomic E-state index is 5.43. The van der Waals surface area contributed by atoms with Gasteiger partial charge in [-0.25, -0.2) is 0 Å². The number of hydrogen-bond donors (Lipinski definition) is 1. The van der Waals surface area contributed by atoms with Gasteiger partial charge in [0, 0.05) is 5.56 Å². The van der Waals surface area contributed by atoms with Gasteiger partial charge in [-0.2, -0.15) is 0 Å². The second-order valence-corrected chi connectivity index (χ2v) is 4.07. The molecule has 0 saturated heterocycles. The number of nitrogens with two attached hydrogens (primary N) is 1. The van der Waals surface area contributed by atoms with Crippen molar-refractivity contribution in [3.05, 3.63) is 42.5 Å². The van der Waals surface area contributed by atoms with E-state index in [1.807, 2.05) is 12.1 Å². The molecular weight excluding hydrogens is 198 g/mol. The van der Waals surface area contributed by atoms with Crippen LogP contribution in [0.4, 0.5) is 0 Å². The summed E-state index contributed by atoms with van der Waals surface area (Å²) in [5.41, 5.74) is 1.34. The summed E-state index contributed by atoms with van der Waals surface area (Å²) in [4.78, 5) is 0. The van der Waals surface area contributed by atoms with E-state index in [-0.39, 0.29) is 0 Å². The molecule has 2 heteroatoms. The van der Waals surface area contributed by atoms with Crippen molar-refractivity contribution in [1.82, 2.24) is 0 Å². The molecule has 2 nitrogen and oxygen atoms in total. The SMILES string of the molecule is C=CCOc1ccc(C[NH2+][C@@H](C)CC)cc1. The van der Waals surface area contributed by atoms with Gasteiger partial charge in [0.15, 0.2) is 0 Å². The summed E-state index contributed by atoms with van der Waals surface area (Å²) < 4.78 is 5.43. The van der Waals surface area contributed by atoms with Gasteiger partial charge in [0.2, 0.25) is 0 Å². The lowest BCUT2D eigenvalue weighted by molar-refractivity contribution is -0.701. The van der Waals surface area contributed by atoms with Gasteiger partial charge < -0.3 is 10.1 Å². The molecule has 88 valence electrons. The molecule has 1 atom stereocenters. The van der Waals surface area contributed by atoms with Crippen molar-refractivity contribution in [2.45, 2.75) is 32.9 Å². The Bertz CT molecular complexity index is 305. The summed E-state index contributed by atoms with van der Waals surface area (Å²) in [7, 11) is 0. The maximum Gasteiger partial charge on any atom is 0.119 e. The van der Waals surface area contributed by atoms with Crippen molar-refractivity contribution in [3.63, 3.8) is 0 Å². The Morgan fingerprint density at radius 3 is 2.62 bits per heavy atom. The largest absolute Gasteiger partial charge is 0.490 e. The van der Waals surface area contributed by atoms with E-state index >= 15 is 0 Å². The molecule has 0 unspecified atom stereocenters. The smallest absolute Gasteiger partial charge is 0.119 e. The highest BCUT2D eigenvalue weighted by Crippen LogP contribution is 2.11. The van der Waals surface area contributed by atoms with Crippen LogP contribution in [0.1, 0.15) is 25.8 Å². The first kappa shape index (κ1) is 12.8. The molecule has 0 amide bonds. The second kappa shape index (κ2) is 7.07. The van der Waals surface area contributed by atoms with Gasteiger partial charge in [0.1, 0.15) is 18.9 Å². The fourth-order valence-electron chi connectivity index (χ4n) is 1.38. The first-order valence-corrected chi connectivity index (χ1v) is 5.92. The summed E-state index contributed by atoms with van der Waals surface area (Å²) in [5, 5.41) is 2.36. The van der Waals surface area contributed by atoms with E-state index < -0.39 is 0 Å². The van der Waals surface area contributed by atoms with E-state index in [4.69, 9.17) is 4.74 Å². The minimum Gasteiger partial charge on any atom is -0.490 e. The molecule has 0 aliphatic heterocycles. The van der Waals surface area contributed by atoms with Crippen LogP contribution in [0.25, 0.3) is 0 Å². The summed E-state index contributed by atoms with van der Waals surface area (Å²) in [6.07, 6.45) is 2.96. The molecule has 0 aliphatic carbocycles. The number of quaternary nitrogens is 1. The molecule has 0 spiro atoms. The quantitative estimate of drug-likeness (QED) is 0.700. The minimum absolute atomic E-state index is 0.568. The summed E-state index contributed by atoms with van der Waals surface area (Å²) in [5.74, 6) is 0.909. The lowest BCUT2D eigenvalue weighted by atomic mass is 10.2. The van der Waals surface area contributed by atoms with E-state index in [9.17, 15) is 0 Å². The van der Waals surface area contributed by atoms with Crippen LogP contribution < -0.4 is 10.1 Å². The highest BCUT2D eigenvalue weighted by Gasteiger charge is 2.02. The maximum absolute atomic E-state index is 5.43. The zero-order valence-electron chi connectivity index (χ0n) is 10.3. The van der Waals surface area contributed by atoms with E-state index in [1.165, 1.54) is 12.0 Å². The van der Waals surface area contributed by atoms with E-state index in [1.54, 1.807) is 6.08 Å². The average Bonchev–Trinajstić information content (AvgIpc) is 2.34. The fraction of sp³-hybridized carbons (Fsp3) is 0.429. The van der Waals surface area contributed by atoms with Crippen LogP contribution in [-0.2, 0) is 6.54 Å². The van der Waals surface area contributed by atoms with Gasteiger partial charge in [-0.1, -0.05) is 19.6 Å². The number of ether oxygens (including phenoxy) is 1. The average molecular weight is 220 g/mol. The van der Waals surface area contributed by atoms with Gasteiger partial charge in [-0.3, -0.25) is 0 Å². The van der Waals surface area contributed by atoms with Crippen LogP contribution in [0.5, 0.6) is 5.75 Å². The predicted molar refractivity (Wildman–Crippen MR) is 67.5 cm³/mol. The number of rotatable bonds is 7. The van der Waals surface area contributed by atoms with Crippen LogP contribution in [0.2, 0.25) is 0 Å². The lowest BCUT2D eigenvalue weighted by Gasteiger charge is -2.08. The van der Waals surface area contributed by atoms with Gasteiger partial charge in [0.05, 0.1) is 6.04 Å². The van der Waals surface area contributed by atoms with Gasteiger partial charge in [0.25, 0.3) is 0 Å². The van der Waals surface area contributed by atoms with Gasteiger partial charge >= 0.3 is 0 Å². The lowest BCUT2D eigenvalue weighted by Crippen LogP contribution is -2.87. The molecule has 0 radical (unpaired) electrons. The van der Waals surface area contributed by atoms with Crippen molar-refractivity contribution in [2.75, 3.05) is 6.61 Å². The van der Waals surface area contributed by atoms with Crippen molar-refractivity contribution in [3.8, 4) is 5.75 Å². The fourth-order valence-corrected chi connectivity index (χ4v) is 1.38. The molecule has 0 heterocycles. The van der Waals surface area contributed by atoms with Crippen LogP contribution >= 0.6 is 0 Å². The zero-order valence-corrected chi connectivity index (χ0v) is 10.3. The Hall–Kier alpha value is -1.28. The first-order chi connectivity index (χ1) is 7.76. The van der Waals surface area contributed by atoms with Crippen molar-refractivity contribution in [2.24, 2.45) is 0 Å². The topological polar surface area (TPSA) is 25.8 Å². The molecule has 16 heavy (non-hydrogen) atoms. The predicted octanol–water partition coefficient (Wildman–Crippen LogP) is 2.11. The molecule has 1 aromatic rings. The highest BCUT2D eigenvalue weighted by atomic mass is 16.5. The molecule has 2 N–H and O–H groups in total. The molecule has 0 bridgehead atoms. The van der Waals surface area contributed by atoms with Gasteiger partial charge in [-0.05, 0) is 37.6 Å². The zero-order chi connectivity index (χ0) is 11.8. The molecule has 0 aliphatic rings. The Balaban J connectivity index is 2.41. The standard InChI is InChI=1S/C14H21NO/c1-4-10-16-14-8-6-13(7-9-14)11-15-12(3)5-2/h4,6-9,12,15H,1,5,10-11H2,2-3H3/p+1/t12-/m0/s1. The molecular formula is C14H22NO+. The Morgan fingerprint density at radius 2 is 2.06 bits per heavy atom. The Kier molecular flexibility index (Phi) is 5.65. The third kappa shape index (κ3) is 4.49. The van der Waals surface area contributed by atoms with E-state index in [0.717, 1.165) is 12.3 Å². The van der Waals surface area contributed by atoms with Crippen LogP contribution in [0.3, 0.4) is 0 Å². The third-order valence-electron chi connectivity index (χ3n) is 2.69. The monoisotopic (exact) mass is 220 g/mol. The minimum atomic E-state index is 0.568. The number of hydrogen-bond acceptors (Lipinski definition) is 1. The first-order valence-electron chi connectivity index (χ1n) is 5.92. The summed E-state index contributed by atoms with van der Waals surface area (Å²) >= 11 is 0. The second-order valence-electron chi connectivity index (χ2n) is 4.07. The molecule has 0 aromatic heterocycles. The normalized spacial score (nSPS) is 12.1. The molecule has 1 aromatic carbocycles. The highest BCUT2D eigenvalue weighted by molar-refractivity contribution is 5.26. The van der Waals surface area contributed by atoms with Crippen LogP contribution in [0.15, 0.2) is 36.9 Å². The third-order valence-corrected chi connectivity index (χ3v) is 2.69. The number of benzene rings is 1. The Labute approximate surface area is 98.3 Å². The summed E-state index contributed by atoms with van der Waals surface area (Å²) in [6, 6.07) is 8.97. The molecule has 1 rings (SSSR count). The van der Waals surface area contributed by atoms with Crippen molar-refractivity contribution in [1.29, 1.82) is 0 Å². The van der Waals surface area contributed by atoms with Crippen molar-refractivity contribution >= 4 is 0 Å². The van der Waals surface area contributed by atoms with E-state index in [0.29, 0.717) is 12.6 Å². The van der Waals surface area contributed by atoms with Crippen molar-refractivity contribution < 1.29 is 10.1 Å². The van der Waals surface area contributed by atoms with E-state index in [2.05, 4.69) is 37.9 Å². The van der Waals surface area contributed by atoms with Gasteiger partial charge in [-0.15, -0.1) is 0 Å². The molecule has 0 fully saturated rings. The van der Waals surface area contributed by atoms with Crippen LogP contribution in [0, 0.1) is 0 Å². The summed E-state index contributed by atoms with van der Waals surface area (Å²) in [6.45, 7) is 9.69. The Morgan fingerprint density at radius 1 is 1.38 bits per heavy atom. The van der Waals surface area contributed by atoms with Crippen LogP contribution in [-0.4, -0.2) is 12.6 Å². The molecule has 0 saturated carbocycles.